The Morgan fingerprint density at radius 2 is 1.25 bits per heavy atom. The standard InChI is InChI=1S/C40H40N4/c1-23(2)27-8-10-28(11-9-27)38-32-14-13-30(42-32)21-36-40(6,7)22-31(43-36)20-29-12-15-34(41-29)39(35-17-16-33(38)44-35)37-25(4)18-24(3)19-26(37)5/h8-21,23,41-42H,22H2,1-7H3. The molecule has 2 aromatic carbocycles. The molecule has 0 unspecified atom stereocenters. The van der Waals surface area contributed by atoms with Gasteiger partial charge in [0, 0.05) is 56.4 Å². The Labute approximate surface area is 260 Å². The molecule has 7 rings (SSSR count). The summed E-state index contributed by atoms with van der Waals surface area (Å²) in [5.74, 6) is 0.472. The molecule has 44 heavy (non-hydrogen) atoms. The van der Waals surface area contributed by atoms with Crippen molar-refractivity contribution in [3.8, 4) is 22.3 Å². The van der Waals surface area contributed by atoms with Gasteiger partial charge in [0.2, 0.25) is 0 Å². The number of hydrogen-bond acceptors (Lipinski definition) is 2. The van der Waals surface area contributed by atoms with Crippen LogP contribution in [0.5, 0.6) is 0 Å². The Hall–Kier alpha value is -4.70. The fourth-order valence-electron chi connectivity index (χ4n) is 6.90. The molecular formula is C40H40N4. The van der Waals surface area contributed by atoms with Gasteiger partial charge in [0.15, 0.2) is 0 Å². The molecule has 0 saturated carbocycles. The van der Waals surface area contributed by atoms with E-state index < -0.39 is 0 Å². The van der Waals surface area contributed by atoms with E-state index in [4.69, 9.17) is 9.97 Å². The molecular weight excluding hydrogens is 536 g/mol. The Morgan fingerprint density at radius 1 is 0.659 bits per heavy atom. The topological polar surface area (TPSA) is 57.4 Å². The minimum atomic E-state index is -0.0607. The summed E-state index contributed by atoms with van der Waals surface area (Å²) in [7, 11) is 0. The number of rotatable bonds is 3. The number of fused-ring (bicyclic) bond motifs is 8. The van der Waals surface area contributed by atoms with E-state index in [1.807, 2.05) is 0 Å². The lowest BCUT2D eigenvalue weighted by Gasteiger charge is -2.15. The summed E-state index contributed by atoms with van der Waals surface area (Å²) >= 11 is 0. The van der Waals surface area contributed by atoms with Crippen molar-refractivity contribution in [2.45, 2.75) is 66.2 Å². The lowest BCUT2D eigenvalue weighted by atomic mass is 9.87. The van der Waals surface area contributed by atoms with Gasteiger partial charge in [-0.05, 0) is 103 Å². The summed E-state index contributed by atoms with van der Waals surface area (Å²) < 4.78 is 0. The van der Waals surface area contributed by atoms with Gasteiger partial charge in [-0.3, -0.25) is 4.98 Å². The van der Waals surface area contributed by atoms with Crippen molar-refractivity contribution in [1.82, 2.24) is 19.9 Å². The van der Waals surface area contributed by atoms with Crippen LogP contribution in [-0.4, -0.2) is 19.9 Å². The zero-order chi connectivity index (χ0) is 30.7. The molecule has 4 nitrogen and oxygen atoms in total. The van der Waals surface area contributed by atoms with E-state index in [-0.39, 0.29) is 5.41 Å². The van der Waals surface area contributed by atoms with Crippen LogP contribution in [0.1, 0.15) is 78.6 Å². The van der Waals surface area contributed by atoms with Gasteiger partial charge in [0.1, 0.15) is 0 Å². The average molecular weight is 577 g/mol. The van der Waals surface area contributed by atoms with E-state index in [2.05, 4.69) is 143 Å². The number of H-pyrrole nitrogens is 2. The predicted molar refractivity (Wildman–Crippen MR) is 186 cm³/mol. The van der Waals surface area contributed by atoms with Crippen molar-refractivity contribution < 1.29 is 0 Å². The van der Waals surface area contributed by atoms with Gasteiger partial charge >= 0.3 is 0 Å². The first-order chi connectivity index (χ1) is 21.1. The average Bonchev–Trinajstić information content (AvgIpc) is 3.76. The van der Waals surface area contributed by atoms with Gasteiger partial charge in [0.05, 0.1) is 11.4 Å². The lowest BCUT2D eigenvalue weighted by Crippen LogP contribution is -2.14. The minimum Gasteiger partial charge on any atom is -0.355 e. The number of aromatic nitrogens is 4. The molecule has 5 heterocycles. The Morgan fingerprint density at radius 3 is 1.89 bits per heavy atom. The molecule has 0 amide bonds. The molecule has 2 aliphatic rings. The van der Waals surface area contributed by atoms with Crippen LogP contribution in [0.25, 0.3) is 56.5 Å². The number of aromatic amines is 2. The lowest BCUT2D eigenvalue weighted by molar-refractivity contribution is 0.543. The highest BCUT2D eigenvalue weighted by molar-refractivity contribution is 5.96. The molecule has 0 spiro atoms. The smallest absolute Gasteiger partial charge is 0.0737 e. The third-order valence-electron chi connectivity index (χ3n) is 9.10. The van der Waals surface area contributed by atoms with E-state index >= 15 is 0 Å². The zero-order valence-corrected chi connectivity index (χ0v) is 26.8. The summed E-state index contributed by atoms with van der Waals surface area (Å²) in [6.07, 6.45) is 5.23. The zero-order valence-electron chi connectivity index (χ0n) is 26.8. The van der Waals surface area contributed by atoms with E-state index in [1.54, 1.807) is 0 Å². The summed E-state index contributed by atoms with van der Waals surface area (Å²) in [4.78, 5) is 18.0. The highest BCUT2D eigenvalue weighted by atomic mass is 14.8. The molecule has 220 valence electrons. The van der Waals surface area contributed by atoms with Crippen molar-refractivity contribution in [3.63, 3.8) is 0 Å². The van der Waals surface area contributed by atoms with Crippen LogP contribution in [0.4, 0.5) is 0 Å². The van der Waals surface area contributed by atoms with E-state index in [1.165, 1.54) is 27.8 Å². The highest BCUT2D eigenvalue weighted by Gasteiger charge is 2.28. The number of nitrogens with zero attached hydrogens (tertiary/aromatic N) is 2. The van der Waals surface area contributed by atoms with Crippen LogP contribution in [0.3, 0.4) is 0 Å². The monoisotopic (exact) mass is 576 g/mol. The number of aryl methyl sites for hydroxylation is 3. The first-order valence-corrected chi connectivity index (χ1v) is 15.7. The third-order valence-corrected chi connectivity index (χ3v) is 9.10. The second-order valence-electron chi connectivity index (χ2n) is 13.5. The van der Waals surface area contributed by atoms with Crippen LogP contribution < -0.4 is 0 Å². The van der Waals surface area contributed by atoms with Gasteiger partial charge in [-0.1, -0.05) is 69.7 Å². The SMILES string of the molecule is Cc1cc(C)c(-c2c3nc(c(-c4ccc(C(C)C)cc4)c4ccc(cc5nc(cc6ccc2[nH]6)CC5(C)C)[nH]4)C=C3)c(C)c1. The summed E-state index contributed by atoms with van der Waals surface area (Å²) in [5.41, 5.74) is 17.9. The number of nitrogens with one attached hydrogen (secondary N) is 2. The molecule has 0 radical (unpaired) electrons. The van der Waals surface area contributed by atoms with E-state index in [9.17, 15) is 0 Å². The Bertz CT molecular complexity index is 2090. The first-order valence-electron chi connectivity index (χ1n) is 15.7. The molecule has 5 aromatic rings. The maximum atomic E-state index is 5.38. The predicted octanol–water partition coefficient (Wildman–Crippen LogP) is 10.4. The van der Waals surface area contributed by atoms with Crippen LogP contribution in [0.15, 0.2) is 72.8 Å². The fraction of sp³-hybridized carbons (Fsp3) is 0.250. The van der Waals surface area contributed by atoms with Gasteiger partial charge in [0.25, 0.3) is 0 Å². The molecule has 2 N–H and O–H groups in total. The molecule has 0 fully saturated rings. The second kappa shape index (κ2) is 10.5. The van der Waals surface area contributed by atoms with Crippen molar-refractivity contribution >= 4 is 34.2 Å². The molecule has 8 bridgehead atoms. The number of benzene rings is 2. The molecule has 4 heteroatoms. The van der Waals surface area contributed by atoms with E-state index in [0.29, 0.717) is 5.92 Å². The maximum absolute atomic E-state index is 5.38. The summed E-state index contributed by atoms with van der Waals surface area (Å²) in [6.45, 7) is 15.6. The van der Waals surface area contributed by atoms with Gasteiger partial charge in [-0.15, -0.1) is 0 Å². The van der Waals surface area contributed by atoms with Crippen LogP contribution in [-0.2, 0) is 11.8 Å². The largest absolute Gasteiger partial charge is 0.355 e. The number of hydrogen-bond donors (Lipinski definition) is 2. The van der Waals surface area contributed by atoms with Gasteiger partial charge in [-0.25, -0.2) is 4.98 Å². The highest BCUT2D eigenvalue weighted by Crippen LogP contribution is 2.38. The molecule has 0 aliphatic carbocycles. The van der Waals surface area contributed by atoms with E-state index in [0.717, 1.165) is 68.0 Å². The van der Waals surface area contributed by atoms with Gasteiger partial charge < -0.3 is 9.97 Å². The van der Waals surface area contributed by atoms with Crippen LogP contribution in [0, 0.1) is 20.8 Å². The Kier molecular flexibility index (Phi) is 6.69. The maximum Gasteiger partial charge on any atom is 0.0737 e. The van der Waals surface area contributed by atoms with Crippen molar-refractivity contribution in [1.29, 1.82) is 0 Å². The quantitative estimate of drug-likeness (QED) is 0.220. The van der Waals surface area contributed by atoms with Crippen molar-refractivity contribution in [2.75, 3.05) is 0 Å². The van der Waals surface area contributed by atoms with Crippen LogP contribution >= 0.6 is 0 Å². The summed E-state index contributed by atoms with van der Waals surface area (Å²) in [5, 5.41) is 0. The second-order valence-corrected chi connectivity index (χ2v) is 13.5. The fourth-order valence-corrected chi connectivity index (χ4v) is 6.90. The first kappa shape index (κ1) is 28.1. The van der Waals surface area contributed by atoms with Gasteiger partial charge in [-0.2, -0.15) is 0 Å². The van der Waals surface area contributed by atoms with Crippen molar-refractivity contribution in [3.05, 3.63) is 118 Å². The molecule has 0 atom stereocenters. The van der Waals surface area contributed by atoms with Crippen molar-refractivity contribution in [2.24, 2.45) is 0 Å². The normalized spacial score (nSPS) is 14.0. The van der Waals surface area contributed by atoms with Crippen LogP contribution in [0.2, 0.25) is 0 Å². The summed E-state index contributed by atoms with van der Waals surface area (Å²) in [6, 6.07) is 26.6. The molecule has 3 aromatic heterocycles. The minimum absolute atomic E-state index is 0.0607. The molecule has 0 saturated heterocycles. The third kappa shape index (κ3) is 4.98. The molecule has 2 aliphatic heterocycles. The Balaban J connectivity index is 1.62.